The van der Waals surface area contributed by atoms with Gasteiger partial charge < -0.3 is 21.3 Å². The highest BCUT2D eigenvalue weighted by molar-refractivity contribution is 5.98. The zero-order chi connectivity index (χ0) is 21.5. The third-order valence-corrected chi connectivity index (χ3v) is 4.88. The molecule has 0 saturated carbocycles. The average Bonchev–Trinajstić information content (AvgIpc) is 2.90. The Balaban J connectivity index is 1.62. The summed E-state index contributed by atoms with van der Waals surface area (Å²) in [6, 6.07) is 6.56. The number of nitrogens with zero attached hydrogens (tertiary/aromatic N) is 3. The van der Waals surface area contributed by atoms with Crippen LogP contribution in [0.1, 0.15) is 41.0 Å². The van der Waals surface area contributed by atoms with Crippen LogP contribution in [0, 0.1) is 6.92 Å². The number of hydrogen-bond donors (Lipinski definition) is 3. The molecule has 0 radical (unpaired) electrons. The van der Waals surface area contributed by atoms with E-state index in [0.717, 1.165) is 18.4 Å². The number of nitrogens with one attached hydrogen (secondary N) is 2. The van der Waals surface area contributed by atoms with Crippen molar-refractivity contribution >= 4 is 23.4 Å². The van der Waals surface area contributed by atoms with E-state index >= 15 is 0 Å². The van der Waals surface area contributed by atoms with E-state index in [1.54, 1.807) is 19.1 Å². The Morgan fingerprint density at radius 1 is 1.23 bits per heavy atom. The Labute approximate surface area is 175 Å². The van der Waals surface area contributed by atoms with Crippen LogP contribution in [0.2, 0.25) is 0 Å². The van der Waals surface area contributed by atoms with Gasteiger partial charge in [0, 0.05) is 25.0 Å². The lowest BCUT2D eigenvalue weighted by molar-refractivity contribution is -0.135. The maximum absolute atomic E-state index is 12.9. The number of carbonyl (C=O) groups excluding carboxylic acids is 3. The Morgan fingerprint density at radius 2 is 2.07 bits per heavy atom. The zero-order valence-corrected chi connectivity index (χ0v) is 16.9. The van der Waals surface area contributed by atoms with Crippen molar-refractivity contribution in [3.05, 3.63) is 53.6 Å². The smallest absolute Gasteiger partial charge is 0.272 e. The van der Waals surface area contributed by atoms with E-state index < -0.39 is 11.9 Å². The Morgan fingerprint density at radius 3 is 2.80 bits per heavy atom. The summed E-state index contributed by atoms with van der Waals surface area (Å²) in [6.07, 6.45) is 4.93. The second-order valence-corrected chi connectivity index (χ2v) is 7.28. The topological polar surface area (TPSA) is 130 Å². The highest BCUT2D eigenvalue weighted by Crippen LogP contribution is 2.14. The first-order valence-corrected chi connectivity index (χ1v) is 9.93. The number of aromatic nitrogens is 2. The van der Waals surface area contributed by atoms with Crippen LogP contribution in [0.3, 0.4) is 0 Å². The van der Waals surface area contributed by atoms with Gasteiger partial charge in [0.2, 0.25) is 11.8 Å². The molecule has 3 amide bonds. The third-order valence-electron chi connectivity index (χ3n) is 4.88. The van der Waals surface area contributed by atoms with Gasteiger partial charge in [-0.1, -0.05) is 12.1 Å². The highest BCUT2D eigenvalue weighted by Gasteiger charge is 2.30. The van der Waals surface area contributed by atoms with Crippen molar-refractivity contribution in [3.63, 3.8) is 0 Å². The number of rotatable bonds is 6. The van der Waals surface area contributed by atoms with Gasteiger partial charge in [-0.3, -0.25) is 19.4 Å². The molecular weight excluding hydrogens is 384 g/mol. The van der Waals surface area contributed by atoms with Crippen LogP contribution in [-0.4, -0.2) is 51.7 Å². The largest absolute Gasteiger partial charge is 0.339 e. The van der Waals surface area contributed by atoms with Crippen LogP contribution in [0.4, 0.5) is 5.69 Å². The quantitative estimate of drug-likeness (QED) is 0.651. The van der Waals surface area contributed by atoms with Gasteiger partial charge in [-0.2, -0.15) is 0 Å². The van der Waals surface area contributed by atoms with E-state index in [9.17, 15) is 14.4 Å². The predicted octanol–water partition coefficient (Wildman–Crippen LogP) is 0.993. The summed E-state index contributed by atoms with van der Waals surface area (Å²) < 4.78 is 0. The predicted molar refractivity (Wildman–Crippen MR) is 111 cm³/mol. The van der Waals surface area contributed by atoms with Crippen LogP contribution in [0.15, 0.2) is 36.7 Å². The van der Waals surface area contributed by atoms with Gasteiger partial charge in [0.1, 0.15) is 11.7 Å². The minimum absolute atomic E-state index is 0.0810. The fourth-order valence-electron chi connectivity index (χ4n) is 3.29. The molecule has 4 N–H and O–H groups in total. The van der Waals surface area contributed by atoms with Gasteiger partial charge in [0.15, 0.2) is 0 Å². The van der Waals surface area contributed by atoms with Gasteiger partial charge in [0.05, 0.1) is 18.4 Å². The molecule has 30 heavy (non-hydrogen) atoms. The van der Waals surface area contributed by atoms with Gasteiger partial charge >= 0.3 is 0 Å². The number of amides is 3. The summed E-state index contributed by atoms with van der Waals surface area (Å²) in [5.41, 5.74) is 8.02. The van der Waals surface area contributed by atoms with Crippen molar-refractivity contribution in [1.29, 1.82) is 0 Å². The third kappa shape index (κ3) is 5.60. The maximum Gasteiger partial charge on any atom is 0.272 e. The number of anilines is 1. The molecule has 9 heteroatoms. The molecule has 0 spiro atoms. The first-order valence-electron chi connectivity index (χ1n) is 9.93. The molecule has 0 bridgehead atoms. The van der Waals surface area contributed by atoms with Gasteiger partial charge in [-0.25, -0.2) is 4.98 Å². The number of carbonyl (C=O) groups is 3. The number of likely N-dealkylation sites (tertiary alicyclic amines) is 1. The first kappa shape index (κ1) is 21.4. The minimum Gasteiger partial charge on any atom is -0.339 e. The van der Waals surface area contributed by atoms with Gasteiger partial charge in [-0.05, 0) is 43.9 Å². The molecule has 1 saturated heterocycles. The normalized spacial score (nSPS) is 16.7. The van der Waals surface area contributed by atoms with Crippen LogP contribution in [-0.2, 0) is 16.1 Å². The second-order valence-electron chi connectivity index (χ2n) is 7.28. The number of benzene rings is 1. The van der Waals surface area contributed by atoms with Crippen LogP contribution < -0.4 is 16.4 Å². The molecule has 2 heterocycles. The standard InChI is InChI=1S/C21H26N6O3/c1-14-11-24-18(12-23-14)20(29)26-17-7-2-3-8-27(21(17)30)13-19(28)25-16-6-4-5-15(9-16)10-22/h4-6,9,11-12,17H,2-3,7-8,10,13,22H2,1H3,(H,25,28)(H,26,29). The molecule has 0 aliphatic carbocycles. The van der Waals surface area contributed by atoms with Crippen molar-refractivity contribution in [1.82, 2.24) is 20.2 Å². The van der Waals surface area contributed by atoms with E-state index in [1.807, 2.05) is 12.1 Å². The molecule has 1 aromatic carbocycles. The SMILES string of the molecule is Cc1cnc(C(=O)NC2CCCCN(CC(=O)Nc3cccc(CN)c3)C2=O)cn1. The lowest BCUT2D eigenvalue weighted by Gasteiger charge is -2.24. The molecule has 1 fully saturated rings. The molecule has 3 rings (SSSR count). The minimum atomic E-state index is -0.698. The van der Waals surface area contributed by atoms with Crippen molar-refractivity contribution < 1.29 is 14.4 Å². The average molecular weight is 410 g/mol. The monoisotopic (exact) mass is 410 g/mol. The van der Waals surface area contributed by atoms with E-state index in [0.29, 0.717) is 30.9 Å². The van der Waals surface area contributed by atoms with E-state index in [4.69, 9.17) is 5.73 Å². The van der Waals surface area contributed by atoms with E-state index in [-0.39, 0.29) is 24.1 Å². The van der Waals surface area contributed by atoms with Gasteiger partial charge in [0.25, 0.3) is 5.91 Å². The summed E-state index contributed by atoms with van der Waals surface area (Å²) in [7, 11) is 0. The fourth-order valence-corrected chi connectivity index (χ4v) is 3.29. The fraction of sp³-hybridized carbons (Fsp3) is 0.381. The molecule has 1 aliphatic rings. The molecule has 158 valence electrons. The highest BCUT2D eigenvalue weighted by atomic mass is 16.2. The van der Waals surface area contributed by atoms with E-state index in [2.05, 4.69) is 20.6 Å². The molecule has 1 aliphatic heterocycles. The molecule has 2 aromatic rings. The zero-order valence-electron chi connectivity index (χ0n) is 16.9. The molecule has 1 aromatic heterocycles. The lowest BCUT2D eigenvalue weighted by atomic mass is 10.1. The lowest BCUT2D eigenvalue weighted by Crippen LogP contribution is -2.49. The molecule has 9 nitrogen and oxygen atoms in total. The van der Waals surface area contributed by atoms with Crippen molar-refractivity contribution in [2.24, 2.45) is 5.73 Å². The van der Waals surface area contributed by atoms with Crippen molar-refractivity contribution in [3.8, 4) is 0 Å². The van der Waals surface area contributed by atoms with Crippen LogP contribution in [0.5, 0.6) is 0 Å². The van der Waals surface area contributed by atoms with Crippen LogP contribution in [0.25, 0.3) is 0 Å². The van der Waals surface area contributed by atoms with Crippen LogP contribution >= 0.6 is 0 Å². The van der Waals surface area contributed by atoms with E-state index in [1.165, 1.54) is 17.3 Å². The Kier molecular flexibility index (Phi) is 7.08. The summed E-state index contributed by atoms with van der Waals surface area (Å²) >= 11 is 0. The maximum atomic E-state index is 12.9. The Bertz CT molecular complexity index is 915. The summed E-state index contributed by atoms with van der Waals surface area (Å²) in [6.45, 7) is 2.54. The summed E-state index contributed by atoms with van der Waals surface area (Å²) in [5, 5.41) is 5.53. The summed E-state index contributed by atoms with van der Waals surface area (Å²) in [4.78, 5) is 47.4. The van der Waals surface area contributed by atoms with Gasteiger partial charge in [-0.15, -0.1) is 0 Å². The molecule has 1 atom stereocenters. The number of aryl methyl sites for hydroxylation is 1. The Hall–Kier alpha value is -3.33. The molecule has 1 unspecified atom stereocenters. The molecular formula is C21H26N6O3. The summed E-state index contributed by atoms with van der Waals surface area (Å²) in [5.74, 6) is -1.02. The number of hydrogen-bond acceptors (Lipinski definition) is 6. The van der Waals surface area contributed by atoms with Crippen molar-refractivity contribution in [2.75, 3.05) is 18.4 Å². The van der Waals surface area contributed by atoms with Crippen molar-refractivity contribution in [2.45, 2.75) is 38.8 Å². The second kappa shape index (κ2) is 9.93. The first-order chi connectivity index (χ1) is 14.5. The number of nitrogens with two attached hydrogens (primary N) is 1.